The highest BCUT2D eigenvalue weighted by atomic mass is 19.1. The molecular formula is C10H14FN2O2+. The highest BCUT2D eigenvalue weighted by Crippen LogP contribution is 2.15. The molecule has 0 fully saturated rings. The lowest BCUT2D eigenvalue weighted by Gasteiger charge is -2.11. The molecule has 0 saturated heterocycles. The molecule has 0 aliphatic carbocycles. The summed E-state index contributed by atoms with van der Waals surface area (Å²) in [5.74, 6) is -0.387. The van der Waals surface area contributed by atoms with E-state index in [1.807, 2.05) is 0 Å². The van der Waals surface area contributed by atoms with Crippen molar-refractivity contribution < 1.29 is 14.2 Å². The maximum absolute atomic E-state index is 12.6. The van der Waals surface area contributed by atoms with Gasteiger partial charge in [0.1, 0.15) is 5.82 Å². The quantitative estimate of drug-likeness (QED) is 0.717. The van der Waals surface area contributed by atoms with E-state index in [0.29, 0.717) is 17.0 Å². The lowest BCUT2D eigenvalue weighted by atomic mass is 9.99. The second kappa shape index (κ2) is 4.33. The van der Waals surface area contributed by atoms with Gasteiger partial charge < -0.3 is 0 Å². The minimum Gasteiger partial charge on any atom is -0.258 e. The molecule has 0 aliphatic heterocycles. The number of hydrogen-bond acceptors (Lipinski definition) is 3. The predicted molar refractivity (Wildman–Crippen MR) is 52.6 cm³/mol. The first kappa shape index (κ1) is 11.6. The van der Waals surface area contributed by atoms with Crippen LogP contribution >= 0.6 is 0 Å². The zero-order valence-corrected chi connectivity index (χ0v) is 9.03. The van der Waals surface area contributed by atoms with Crippen LogP contribution in [0.5, 0.6) is 0 Å². The van der Waals surface area contributed by atoms with E-state index in [4.69, 9.17) is 0 Å². The molecule has 5 heteroatoms. The van der Waals surface area contributed by atoms with Crippen molar-refractivity contribution in [2.24, 2.45) is 0 Å². The number of halogens is 1. The Morgan fingerprint density at radius 3 is 2.67 bits per heavy atom. The van der Waals surface area contributed by atoms with Crippen LogP contribution in [0.25, 0.3) is 0 Å². The van der Waals surface area contributed by atoms with Gasteiger partial charge in [0.05, 0.1) is 17.5 Å². The Kier molecular flexibility index (Phi) is 3.34. The molecule has 0 bridgehead atoms. The molecule has 0 atom stereocenters. The highest BCUT2D eigenvalue weighted by Gasteiger charge is 2.38. The lowest BCUT2D eigenvalue weighted by Crippen LogP contribution is -2.36. The summed E-state index contributed by atoms with van der Waals surface area (Å²) in [4.78, 5) is 20.3. The molecule has 1 aromatic rings. The molecule has 0 spiro atoms. The van der Waals surface area contributed by atoms with Gasteiger partial charge in [0.15, 0.2) is 7.11 Å². The van der Waals surface area contributed by atoms with Crippen LogP contribution in [0.3, 0.4) is 0 Å². The molecule has 15 heavy (non-hydrogen) atoms. The van der Waals surface area contributed by atoms with Crippen molar-refractivity contribution in [3.8, 4) is 0 Å². The molecular weight excluding hydrogens is 199 g/mol. The van der Waals surface area contributed by atoms with Crippen molar-refractivity contribution >= 4 is 0 Å². The van der Waals surface area contributed by atoms with E-state index >= 15 is 0 Å². The third-order valence-corrected chi connectivity index (χ3v) is 2.06. The standard InChI is InChI=1S/C10H14FN2O2/c1-10(2,13(14)15-3)6-9-5-4-8(11)7-12-9/h4-5,7H,6H2,1-3H3/q+1. The van der Waals surface area contributed by atoms with Crippen molar-refractivity contribution in [2.75, 3.05) is 7.11 Å². The molecule has 0 radical (unpaired) electrons. The van der Waals surface area contributed by atoms with Gasteiger partial charge in [0.2, 0.25) is 4.92 Å². The van der Waals surface area contributed by atoms with E-state index in [0.717, 1.165) is 6.20 Å². The molecule has 0 amide bonds. The average Bonchev–Trinajstić information content (AvgIpc) is 2.20. The van der Waals surface area contributed by atoms with E-state index in [2.05, 4.69) is 9.82 Å². The van der Waals surface area contributed by atoms with Crippen LogP contribution in [0.1, 0.15) is 19.5 Å². The topological polar surface area (TPSA) is 42.2 Å². The summed E-state index contributed by atoms with van der Waals surface area (Å²) in [6.07, 6.45) is 1.53. The molecule has 0 aliphatic rings. The van der Waals surface area contributed by atoms with E-state index in [1.54, 1.807) is 19.9 Å². The van der Waals surface area contributed by atoms with Gasteiger partial charge in [0, 0.05) is 19.5 Å². The molecule has 1 aromatic heterocycles. The molecule has 82 valence electrons. The maximum atomic E-state index is 12.6. The van der Waals surface area contributed by atoms with Crippen molar-refractivity contribution in [1.82, 2.24) is 4.98 Å². The number of hydrogen-bond donors (Lipinski definition) is 0. The Hall–Kier alpha value is -1.52. The zero-order valence-electron chi connectivity index (χ0n) is 9.03. The monoisotopic (exact) mass is 213 g/mol. The molecule has 1 rings (SSSR count). The fourth-order valence-corrected chi connectivity index (χ4v) is 1.27. The van der Waals surface area contributed by atoms with Gasteiger partial charge in [0.25, 0.3) is 5.54 Å². The van der Waals surface area contributed by atoms with Gasteiger partial charge >= 0.3 is 0 Å². The van der Waals surface area contributed by atoms with Crippen LogP contribution in [-0.4, -0.2) is 22.6 Å². The number of rotatable bonds is 4. The SMILES string of the molecule is CO[N+](=O)C(C)(C)Cc1ccc(F)cn1. The van der Waals surface area contributed by atoms with Crippen LogP contribution in [0.15, 0.2) is 18.3 Å². The third kappa shape index (κ3) is 2.97. The number of pyridine rings is 1. The highest BCUT2D eigenvalue weighted by molar-refractivity contribution is 5.07. The Balaban J connectivity index is 2.77. The van der Waals surface area contributed by atoms with Crippen LogP contribution in [0.4, 0.5) is 4.39 Å². The largest absolute Gasteiger partial charge is 0.266 e. The fourth-order valence-electron chi connectivity index (χ4n) is 1.27. The zero-order chi connectivity index (χ0) is 11.5. The Bertz CT molecular complexity index is 349. The van der Waals surface area contributed by atoms with Gasteiger partial charge in [-0.2, -0.15) is 0 Å². The van der Waals surface area contributed by atoms with E-state index in [9.17, 15) is 9.30 Å². The van der Waals surface area contributed by atoms with Gasteiger partial charge in [-0.15, -0.1) is 0 Å². The van der Waals surface area contributed by atoms with Crippen LogP contribution in [0.2, 0.25) is 0 Å². The first-order valence-corrected chi connectivity index (χ1v) is 4.57. The molecule has 4 nitrogen and oxygen atoms in total. The van der Waals surface area contributed by atoms with E-state index in [1.165, 1.54) is 13.2 Å². The summed E-state index contributed by atoms with van der Waals surface area (Å²) in [6, 6.07) is 2.88. The molecule has 0 saturated carbocycles. The number of aromatic nitrogens is 1. The minimum atomic E-state index is -0.723. The fraction of sp³-hybridized carbons (Fsp3) is 0.500. The van der Waals surface area contributed by atoms with E-state index < -0.39 is 5.54 Å². The second-order valence-corrected chi connectivity index (χ2v) is 3.90. The Morgan fingerprint density at radius 2 is 2.20 bits per heavy atom. The second-order valence-electron chi connectivity index (χ2n) is 3.90. The van der Waals surface area contributed by atoms with Crippen LogP contribution in [-0.2, 0) is 11.3 Å². The van der Waals surface area contributed by atoms with Gasteiger partial charge in [-0.25, -0.2) is 9.23 Å². The summed E-state index contributed by atoms with van der Waals surface area (Å²) < 4.78 is 12.6. The van der Waals surface area contributed by atoms with Gasteiger partial charge in [-0.3, -0.25) is 4.98 Å². The lowest BCUT2D eigenvalue weighted by molar-refractivity contribution is -0.841. The summed E-state index contributed by atoms with van der Waals surface area (Å²) >= 11 is 0. The smallest absolute Gasteiger partial charge is 0.258 e. The Morgan fingerprint density at radius 1 is 1.53 bits per heavy atom. The summed E-state index contributed by atoms with van der Waals surface area (Å²) in [5.41, 5.74) is -0.0705. The van der Waals surface area contributed by atoms with Crippen LogP contribution < -0.4 is 0 Å². The predicted octanol–water partition coefficient (Wildman–Crippen LogP) is 1.88. The molecule has 0 N–H and O–H groups in total. The van der Waals surface area contributed by atoms with Crippen molar-refractivity contribution in [2.45, 2.75) is 25.8 Å². The van der Waals surface area contributed by atoms with Crippen molar-refractivity contribution in [1.29, 1.82) is 0 Å². The first-order chi connectivity index (χ1) is 6.95. The normalized spacial score (nSPS) is 11.2. The van der Waals surface area contributed by atoms with Gasteiger partial charge in [-0.1, -0.05) is 0 Å². The van der Waals surface area contributed by atoms with E-state index in [-0.39, 0.29) is 5.82 Å². The van der Waals surface area contributed by atoms with Crippen molar-refractivity contribution in [3.63, 3.8) is 0 Å². The van der Waals surface area contributed by atoms with Crippen LogP contribution in [0, 0.1) is 10.7 Å². The summed E-state index contributed by atoms with van der Waals surface area (Å²) in [5, 5.41) is 0. The summed E-state index contributed by atoms with van der Waals surface area (Å²) in [6.45, 7) is 3.46. The van der Waals surface area contributed by atoms with Crippen molar-refractivity contribution in [3.05, 3.63) is 34.7 Å². The van der Waals surface area contributed by atoms with Gasteiger partial charge in [-0.05, 0) is 12.1 Å². The number of nitrogens with zero attached hydrogens (tertiary/aromatic N) is 2. The molecule has 1 heterocycles. The molecule has 0 aromatic carbocycles. The average molecular weight is 213 g/mol. The first-order valence-electron chi connectivity index (χ1n) is 4.57. The minimum absolute atomic E-state index is 0.387. The molecule has 0 unspecified atom stereocenters. The Labute approximate surface area is 87.6 Å². The third-order valence-electron chi connectivity index (χ3n) is 2.06. The summed E-state index contributed by atoms with van der Waals surface area (Å²) in [7, 11) is 1.31. The maximum Gasteiger partial charge on any atom is 0.266 e.